The molecule has 35 heavy (non-hydrogen) atoms. The number of aromatic carboxylic acids is 2. The molecule has 0 saturated heterocycles. The summed E-state index contributed by atoms with van der Waals surface area (Å²) in [5.41, 5.74) is 3.01. The van der Waals surface area contributed by atoms with Gasteiger partial charge in [-0.25, -0.2) is 19.2 Å². The molecule has 0 atom stereocenters. The first-order valence-electron chi connectivity index (χ1n) is 10.5. The minimum absolute atomic E-state index is 0.103. The molecule has 0 aliphatic rings. The standard InChI is InChI=1S/C28H18O7/c29-25(30)19-10-6-17(7-11-19)22-14-23(18-8-12-20(13-9-18)26(31)32)16-24(15-22)28(34)35-27(33)21-4-2-1-3-5-21/h1-16H,(H,29,30)(H,31,32). The van der Waals surface area contributed by atoms with Crippen LogP contribution in [-0.2, 0) is 4.74 Å². The number of rotatable bonds is 6. The van der Waals surface area contributed by atoms with Crippen LogP contribution in [0.5, 0.6) is 0 Å². The molecule has 0 bridgehead atoms. The maximum absolute atomic E-state index is 12.9. The summed E-state index contributed by atoms with van der Waals surface area (Å²) in [6.07, 6.45) is 0. The van der Waals surface area contributed by atoms with Crippen molar-refractivity contribution >= 4 is 23.9 Å². The second kappa shape index (κ2) is 9.84. The Labute approximate surface area is 199 Å². The number of ether oxygens (including phenoxy) is 1. The van der Waals surface area contributed by atoms with Crippen LogP contribution in [0.2, 0.25) is 0 Å². The molecule has 7 heteroatoms. The van der Waals surface area contributed by atoms with Crippen molar-refractivity contribution in [2.45, 2.75) is 0 Å². The van der Waals surface area contributed by atoms with Gasteiger partial charge in [0.05, 0.1) is 22.3 Å². The summed E-state index contributed by atoms with van der Waals surface area (Å²) in [6, 6.07) is 25.2. The van der Waals surface area contributed by atoms with Crippen molar-refractivity contribution in [1.82, 2.24) is 0 Å². The Kier molecular flexibility index (Phi) is 6.50. The lowest BCUT2D eigenvalue weighted by Gasteiger charge is -2.11. The third-order valence-electron chi connectivity index (χ3n) is 5.29. The number of esters is 2. The van der Waals surface area contributed by atoms with Crippen LogP contribution in [0.4, 0.5) is 0 Å². The molecule has 172 valence electrons. The monoisotopic (exact) mass is 466 g/mol. The summed E-state index contributed by atoms with van der Waals surface area (Å²) in [5, 5.41) is 18.3. The van der Waals surface area contributed by atoms with Crippen molar-refractivity contribution < 1.29 is 34.1 Å². The average molecular weight is 466 g/mol. The van der Waals surface area contributed by atoms with Gasteiger partial charge in [-0.15, -0.1) is 0 Å². The molecular formula is C28H18O7. The average Bonchev–Trinajstić information content (AvgIpc) is 2.89. The van der Waals surface area contributed by atoms with E-state index < -0.39 is 23.9 Å². The van der Waals surface area contributed by atoms with Gasteiger partial charge in [0.1, 0.15) is 0 Å². The number of carboxylic acids is 2. The van der Waals surface area contributed by atoms with Crippen LogP contribution in [0, 0.1) is 0 Å². The van der Waals surface area contributed by atoms with Crippen LogP contribution >= 0.6 is 0 Å². The molecule has 4 rings (SSSR count). The summed E-state index contributed by atoms with van der Waals surface area (Å²) < 4.78 is 5.07. The molecule has 7 nitrogen and oxygen atoms in total. The number of hydrogen-bond acceptors (Lipinski definition) is 5. The number of carbonyl (C=O) groups excluding carboxylic acids is 2. The highest BCUT2D eigenvalue weighted by Gasteiger charge is 2.17. The zero-order chi connectivity index (χ0) is 24.9. The van der Waals surface area contributed by atoms with Crippen LogP contribution in [0.3, 0.4) is 0 Å². The van der Waals surface area contributed by atoms with E-state index in [0.29, 0.717) is 22.3 Å². The molecule has 0 unspecified atom stereocenters. The van der Waals surface area contributed by atoms with E-state index in [-0.39, 0.29) is 22.3 Å². The second-order valence-corrected chi connectivity index (χ2v) is 7.61. The zero-order valence-electron chi connectivity index (χ0n) is 18.2. The molecular weight excluding hydrogens is 448 g/mol. The van der Waals surface area contributed by atoms with E-state index in [9.17, 15) is 19.2 Å². The molecule has 2 N–H and O–H groups in total. The SMILES string of the molecule is O=C(O)c1ccc(-c2cc(C(=O)OC(=O)c3ccccc3)cc(-c3ccc(C(=O)O)cc3)c2)cc1. The third-order valence-corrected chi connectivity index (χ3v) is 5.29. The summed E-state index contributed by atoms with van der Waals surface area (Å²) in [7, 11) is 0. The number of carbonyl (C=O) groups is 4. The molecule has 0 fully saturated rings. The molecule has 0 radical (unpaired) electrons. The molecule has 4 aromatic rings. The number of carboxylic acid groups (broad SMARTS) is 2. The van der Waals surface area contributed by atoms with Gasteiger partial charge in [0.15, 0.2) is 0 Å². The highest BCUT2D eigenvalue weighted by Crippen LogP contribution is 2.29. The summed E-state index contributed by atoms with van der Waals surface area (Å²) >= 11 is 0. The van der Waals surface area contributed by atoms with Gasteiger partial charge in [0.2, 0.25) is 0 Å². The van der Waals surface area contributed by atoms with E-state index in [1.165, 1.54) is 36.4 Å². The largest absolute Gasteiger partial charge is 0.478 e. The lowest BCUT2D eigenvalue weighted by Crippen LogP contribution is -2.13. The minimum Gasteiger partial charge on any atom is -0.478 e. The maximum Gasteiger partial charge on any atom is 0.346 e. The van der Waals surface area contributed by atoms with E-state index >= 15 is 0 Å². The number of hydrogen-bond donors (Lipinski definition) is 2. The van der Waals surface area contributed by atoms with Gasteiger partial charge >= 0.3 is 23.9 Å². The number of benzene rings is 4. The first-order valence-corrected chi connectivity index (χ1v) is 10.5. The Balaban J connectivity index is 1.74. The van der Waals surface area contributed by atoms with Crippen molar-refractivity contribution in [3.05, 3.63) is 119 Å². The Morgan fingerprint density at radius 1 is 0.457 bits per heavy atom. The minimum atomic E-state index is -1.06. The molecule has 0 heterocycles. The lowest BCUT2D eigenvalue weighted by molar-refractivity contribution is 0.0396. The Morgan fingerprint density at radius 2 is 0.886 bits per heavy atom. The molecule has 0 spiro atoms. The van der Waals surface area contributed by atoms with E-state index in [1.807, 2.05) is 0 Å². The molecule has 0 aliphatic carbocycles. The highest BCUT2D eigenvalue weighted by molar-refractivity contribution is 6.03. The van der Waals surface area contributed by atoms with E-state index in [0.717, 1.165) is 0 Å². The van der Waals surface area contributed by atoms with E-state index in [1.54, 1.807) is 60.7 Å². The van der Waals surface area contributed by atoms with Crippen LogP contribution < -0.4 is 0 Å². The van der Waals surface area contributed by atoms with E-state index in [4.69, 9.17) is 14.9 Å². The predicted molar refractivity (Wildman–Crippen MR) is 127 cm³/mol. The zero-order valence-corrected chi connectivity index (χ0v) is 18.2. The molecule has 0 aliphatic heterocycles. The Hall–Kier alpha value is -5.04. The van der Waals surface area contributed by atoms with Gasteiger partial charge in [-0.1, -0.05) is 42.5 Å². The third kappa shape index (κ3) is 5.31. The Bertz CT molecular complexity index is 1350. The van der Waals surface area contributed by atoms with Crippen molar-refractivity contribution in [1.29, 1.82) is 0 Å². The summed E-state index contributed by atoms with van der Waals surface area (Å²) in [6.45, 7) is 0. The first kappa shape index (κ1) is 23.1. The fourth-order valence-electron chi connectivity index (χ4n) is 3.47. The Morgan fingerprint density at radius 3 is 1.31 bits per heavy atom. The fourth-order valence-corrected chi connectivity index (χ4v) is 3.47. The van der Waals surface area contributed by atoms with Gasteiger partial charge in [0, 0.05) is 0 Å². The molecule has 0 aromatic heterocycles. The highest BCUT2D eigenvalue weighted by atomic mass is 16.6. The maximum atomic E-state index is 12.9. The topological polar surface area (TPSA) is 118 Å². The van der Waals surface area contributed by atoms with E-state index in [2.05, 4.69) is 0 Å². The van der Waals surface area contributed by atoms with Gasteiger partial charge < -0.3 is 14.9 Å². The van der Waals surface area contributed by atoms with Crippen molar-refractivity contribution in [2.75, 3.05) is 0 Å². The van der Waals surface area contributed by atoms with Crippen LogP contribution in [0.1, 0.15) is 41.4 Å². The molecule has 0 saturated carbocycles. The van der Waals surface area contributed by atoms with Crippen molar-refractivity contribution in [3.8, 4) is 22.3 Å². The van der Waals surface area contributed by atoms with Gasteiger partial charge in [0.25, 0.3) is 0 Å². The molecule has 4 aromatic carbocycles. The molecule has 0 amide bonds. The normalized spacial score (nSPS) is 10.4. The van der Waals surface area contributed by atoms with Crippen molar-refractivity contribution in [3.63, 3.8) is 0 Å². The quantitative estimate of drug-likeness (QED) is 0.288. The van der Waals surface area contributed by atoms with Gasteiger partial charge in [-0.05, 0) is 76.9 Å². The van der Waals surface area contributed by atoms with Crippen LogP contribution in [-0.4, -0.2) is 34.1 Å². The second-order valence-electron chi connectivity index (χ2n) is 7.61. The summed E-state index contributed by atoms with van der Waals surface area (Å²) in [5.74, 6) is -3.77. The first-order chi connectivity index (χ1) is 16.8. The lowest BCUT2D eigenvalue weighted by atomic mass is 9.95. The smallest absolute Gasteiger partial charge is 0.346 e. The van der Waals surface area contributed by atoms with Crippen molar-refractivity contribution in [2.24, 2.45) is 0 Å². The summed E-state index contributed by atoms with van der Waals surface area (Å²) in [4.78, 5) is 47.7. The van der Waals surface area contributed by atoms with Gasteiger partial charge in [-0.3, -0.25) is 0 Å². The predicted octanol–water partition coefficient (Wildman–Crippen LogP) is 5.41. The van der Waals surface area contributed by atoms with Gasteiger partial charge in [-0.2, -0.15) is 0 Å². The van der Waals surface area contributed by atoms with Crippen LogP contribution in [0.15, 0.2) is 97.1 Å². The van der Waals surface area contributed by atoms with Crippen LogP contribution in [0.25, 0.3) is 22.3 Å². The fraction of sp³-hybridized carbons (Fsp3) is 0.